The number of allylic oxidation sites excluding steroid dienone is 2. The largest absolute Gasteiger partial charge is 0.456 e. The zero-order chi connectivity index (χ0) is 26.0. The van der Waals surface area contributed by atoms with Gasteiger partial charge in [-0.25, -0.2) is 9.78 Å². The van der Waals surface area contributed by atoms with E-state index >= 15 is 0 Å². The average molecular weight is 508 g/mol. The maximum Gasteiger partial charge on any atom is 0.328 e. The van der Waals surface area contributed by atoms with Crippen molar-refractivity contribution in [3.8, 4) is 0 Å². The molecule has 3 N–H and O–H groups in total. The van der Waals surface area contributed by atoms with Gasteiger partial charge in [0, 0.05) is 18.7 Å². The Morgan fingerprint density at radius 2 is 2.00 bits per heavy atom. The molecule has 35 heavy (non-hydrogen) atoms. The molecule has 0 spiro atoms. The SMILES string of the molecule is C/C=C1\NC(=O)c2nc(F)cc(n2)CNC(=O)C[C@@H](/C=C/CCSC(C)=O)OC(=O)[C@H](C)NC1=O. The number of halogens is 1. The Labute approximate surface area is 205 Å². The first-order chi connectivity index (χ1) is 16.6. The van der Waals surface area contributed by atoms with E-state index in [-0.39, 0.29) is 29.5 Å². The number of fused-ring (bicyclic) bond motifs is 2. The number of hydrogen-bond donors (Lipinski definition) is 3. The van der Waals surface area contributed by atoms with Crippen LogP contribution >= 0.6 is 11.8 Å². The Hall–Kier alpha value is -3.61. The molecule has 1 aliphatic heterocycles. The van der Waals surface area contributed by atoms with Crippen LogP contribution in [0.5, 0.6) is 0 Å². The summed E-state index contributed by atoms with van der Waals surface area (Å²) >= 11 is 1.14. The van der Waals surface area contributed by atoms with Crippen LogP contribution in [0.3, 0.4) is 0 Å². The molecule has 0 aliphatic carbocycles. The van der Waals surface area contributed by atoms with E-state index in [1.54, 1.807) is 6.08 Å². The standard InChI is InChI=1S/C22H26FN5O6S/c1-4-16-20(31)25-12(2)22(33)34-15(7-5-6-8-35-13(3)29)10-18(30)24-11-14-9-17(23)28-19(26-14)21(32)27-16/h4-5,7,9,12,15H,6,8,10-11H2,1-3H3,(H,24,30)(H,25,31)(H,27,32)/b7-5+,16-4-/t12-,15+/m0/s1. The molecule has 0 radical (unpaired) electrons. The summed E-state index contributed by atoms with van der Waals surface area (Å²) in [7, 11) is 0. The molecule has 188 valence electrons. The maximum atomic E-state index is 13.9. The fourth-order valence-electron chi connectivity index (χ4n) is 2.79. The quantitative estimate of drug-likeness (QED) is 0.177. The molecule has 3 amide bonds. The summed E-state index contributed by atoms with van der Waals surface area (Å²) < 4.78 is 19.3. The predicted octanol–water partition coefficient (Wildman–Crippen LogP) is 0.912. The third-order valence-electron chi connectivity index (χ3n) is 4.50. The second-order valence-electron chi connectivity index (χ2n) is 7.37. The second-order valence-corrected chi connectivity index (χ2v) is 8.64. The van der Waals surface area contributed by atoms with Gasteiger partial charge in [-0.15, -0.1) is 0 Å². The van der Waals surface area contributed by atoms with E-state index in [4.69, 9.17) is 4.74 Å². The number of aromatic nitrogens is 2. The normalized spacial score (nSPS) is 21.3. The van der Waals surface area contributed by atoms with E-state index in [2.05, 4.69) is 25.9 Å². The van der Waals surface area contributed by atoms with Crippen molar-refractivity contribution < 1.29 is 33.1 Å². The van der Waals surface area contributed by atoms with Gasteiger partial charge in [-0.2, -0.15) is 9.37 Å². The summed E-state index contributed by atoms with van der Waals surface area (Å²) in [6.07, 6.45) is 3.77. The molecule has 0 saturated heterocycles. The van der Waals surface area contributed by atoms with Gasteiger partial charge >= 0.3 is 5.97 Å². The van der Waals surface area contributed by atoms with Gasteiger partial charge in [0.1, 0.15) is 17.8 Å². The molecule has 2 bridgehead atoms. The van der Waals surface area contributed by atoms with E-state index in [9.17, 15) is 28.4 Å². The van der Waals surface area contributed by atoms with Crippen molar-refractivity contribution in [2.45, 2.75) is 52.3 Å². The smallest absolute Gasteiger partial charge is 0.328 e. The Kier molecular flexibility index (Phi) is 10.5. The first-order valence-corrected chi connectivity index (χ1v) is 11.7. The number of amides is 3. The Morgan fingerprint density at radius 3 is 2.69 bits per heavy atom. The summed E-state index contributed by atoms with van der Waals surface area (Å²) in [6.45, 7) is 4.10. The van der Waals surface area contributed by atoms with Gasteiger partial charge in [0.25, 0.3) is 11.8 Å². The highest BCUT2D eigenvalue weighted by molar-refractivity contribution is 8.13. The number of esters is 1. The molecule has 0 aromatic carbocycles. The molecule has 1 aromatic heterocycles. The summed E-state index contributed by atoms with van der Waals surface area (Å²) in [5.74, 6) is -4.08. The van der Waals surface area contributed by atoms with Crippen LogP contribution in [-0.4, -0.2) is 56.7 Å². The molecule has 0 unspecified atom stereocenters. The Balaban J connectivity index is 2.29. The van der Waals surface area contributed by atoms with Crippen LogP contribution in [-0.2, 0) is 30.5 Å². The molecule has 11 nitrogen and oxygen atoms in total. The molecule has 0 fully saturated rings. The number of carbonyl (C=O) groups excluding carboxylic acids is 5. The zero-order valence-electron chi connectivity index (χ0n) is 19.4. The minimum absolute atomic E-state index is 0.0218. The molecule has 0 saturated carbocycles. The molecule has 13 heteroatoms. The van der Waals surface area contributed by atoms with Crippen molar-refractivity contribution in [1.82, 2.24) is 25.9 Å². The lowest BCUT2D eigenvalue weighted by atomic mass is 10.2. The van der Waals surface area contributed by atoms with Crippen molar-refractivity contribution in [2.24, 2.45) is 0 Å². The van der Waals surface area contributed by atoms with E-state index in [1.807, 2.05) is 0 Å². The number of hydrogen-bond acceptors (Lipinski definition) is 9. The van der Waals surface area contributed by atoms with Gasteiger partial charge in [0.05, 0.1) is 18.7 Å². The number of rotatable bonds is 4. The monoisotopic (exact) mass is 507 g/mol. The fourth-order valence-corrected chi connectivity index (χ4v) is 3.33. The summed E-state index contributed by atoms with van der Waals surface area (Å²) in [5, 5.41) is 7.18. The van der Waals surface area contributed by atoms with Crippen LogP contribution in [0.4, 0.5) is 4.39 Å². The first-order valence-electron chi connectivity index (χ1n) is 10.7. The van der Waals surface area contributed by atoms with E-state index in [0.29, 0.717) is 12.2 Å². The van der Waals surface area contributed by atoms with Crippen LogP contribution in [0.2, 0.25) is 0 Å². The van der Waals surface area contributed by atoms with E-state index < -0.39 is 47.6 Å². The first kappa shape index (κ1) is 27.6. The molecular formula is C22H26FN5O6S. The van der Waals surface area contributed by atoms with Crippen LogP contribution in [0.25, 0.3) is 0 Å². The number of thioether (sulfide) groups is 1. The van der Waals surface area contributed by atoms with Crippen molar-refractivity contribution >= 4 is 40.6 Å². The highest BCUT2D eigenvalue weighted by atomic mass is 32.2. The number of ether oxygens (including phenoxy) is 1. The number of carbonyl (C=O) groups is 5. The lowest BCUT2D eigenvalue weighted by molar-refractivity contribution is -0.151. The van der Waals surface area contributed by atoms with Crippen LogP contribution in [0.1, 0.15) is 49.9 Å². The topological polar surface area (TPSA) is 156 Å². The maximum absolute atomic E-state index is 13.9. The zero-order valence-corrected chi connectivity index (χ0v) is 20.2. The lowest BCUT2D eigenvalue weighted by Crippen LogP contribution is -2.44. The Morgan fingerprint density at radius 1 is 1.26 bits per heavy atom. The second kappa shape index (κ2) is 13.3. The predicted molar refractivity (Wildman–Crippen MR) is 124 cm³/mol. The molecule has 2 atom stereocenters. The highest BCUT2D eigenvalue weighted by Crippen LogP contribution is 2.09. The number of nitrogens with one attached hydrogen (secondary N) is 3. The molecular weight excluding hydrogens is 481 g/mol. The van der Waals surface area contributed by atoms with Gasteiger partial charge in [0.2, 0.25) is 17.7 Å². The van der Waals surface area contributed by atoms with Crippen molar-refractivity contribution in [3.63, 3.8) is 0 Å². The minimum atomic E-state index is -1.12. The molecule has 1 aromatic rings. The van der Waals surface area contributed by atoms with Crippen LogP contribution in [0.15, 0.2) is 30.0 Å². The van der Waals surface area contributed by atoms with Crippen molar-refractivity contribution in [1.29, 1.82) is 0 Å². The van der Waals surface area contributed by atoms with Gasteiger partial charge in [0.15, 0.2) is 5.12 Å². The third kappa shape index (κ3) is 9.27. The van der Waals surface area contributed by atoms with Gasteiger partial charge in [-0.1, -0.05) is 23.9 Å². The molecule has 1 aliphatic rings. The van der Waals surface area contributed by atoms with Crippen LogP contribution < -0.4 is 16.0 Å². The number of cyclic esters (lactones) is 1. The van der Waals surface area contributed by atoms with E-state index in [1.165, 1.54) is 32.9 Å². The molecule has 2 rings (SSSR count). The summed E-state index contributed by atoms with van der Waals surface area (Å²) in [4.78, 5) is 68.4. The average Bonchev–Trinajstić information content (AvgIpc) is 2.79. The van der Waals surface area contributed by atoms with Gasteiger partial charge in [-0.3, -0.25) is 19.2 Å². The fraction of sp³-hybridized carbons (Fsp3) is 0.409. The van der Waals surface area contributed by atoms with Crippen LogP contribution in [0, 0.1) is 5.95 Å². The number of nitrogens with zero attached hydrogens (tertiary/aromatic N) is 2. The highest BCUT2D eigenvalue weighted by Gasteiger charge is 2.25. The van der Waals surface area contributed by atoms with Gasteiger partial charge in [-0.05, 0) is 26.3 Å². The van der Waals surface area contributed by atoms with Gasteiger partial charge < -0.3 is 20.7 Å². The lowest BCUT2D eigenvalue weighted by Gasteiger charge is -2.19. The van der Waals surface area contributed by atoms with E-state index in [0.717, 1.165) is 17.8 Å². The Bertz CT molecular complexity index is 1060. The third-order valence-corrected chi connectivity index (χ3v) is 5.34. The summed E-state index contributed by atoms with van der Waals surface area (Å²) in [5.41, 5.74) is -0.183. The van der Waals surface area contributed by atoms with Crippen molar-refractivity contribution in [2.75, 3.05) is 5.75 Å². The summed E-state index contributed by atoms with van der Waals surface area (Å²) in [6, 6.07) is -0.165. The van der Waals surface area contributed by atoms with Crippen molar-refractivity contribution in [3.05, 3.63) is 47.5 Å². The minimum Gasteiger partial charge on any atom is -0.456 e. The molecule has 2 heterocycles.